The quantitative estimate of drug-likeness (QED) is 0.598. The molecule has 0 aromatic rings. The summed E-state index contributed by atoms with van der Waals surface area (Å²) in [5.41, 5.74) is -0.997. The number of rotatable bonds is 3. The largest absolute Gasteiger partial charge is 0.370 e. The highest BCUT2D eigenvalue weighted by molar-refractivity contribution is 5.50. The zero-order chi connectivity index (χ0) is 8.32. The second-order valence-electron chi connectivity index (χ2n) is 2.82. The monoisotopic (exact) mass is 154 g/mol. The maximum atomic E-state index is 10.3. The van der Waals surface area contributed by atoms with E-state index in [0.29, 0.717) is 19.4 Å². The van der Waals surface area contributed by atoms with Gasteiger partial charge in [0, 0.05) is 13.0 Å². The molecule has 1 aliphatic heterocycles. The summed E-state index contributed by atoms with van der Waals surface area (Å²) in [7, 11) is 0. The molecular weight excluding hydrogens is 142 g/mol. The van der Waals surface area contributed by atoms with Gasteiger partial charge in [-0.2, -0.15) is 0 Å². The highest BCUT2D eigenvalue weighted by Gasteiger charge is 2.37. The summed E-state index contributed by atoms with van der Waals surface area (Å²) < 4.78 is 0. The van der Waals surface area contributed by atoms with Crippen molar-refractivity contribution in [3.63, 3.8) is 0 Å². The maximum absolute atomic E-state index is 10.3. The predicted octanol–water partition coefficient (Wildman–Crippen LogP) is 0.414. The molecule has 1 unspecified atom stereocenters. The van der Waals surface area contributed by atoms with Crippen LogP contribution in [0.5, 0.6) is 0 Å². The molecule has 0 aromatic heterocycles. The number of hydrogen-bond donors (Lipinski definition) is 1. The van der Waals surface area contributed by atoms with Crippen molar-refractivity contribution in [1.29, 1.82) is 0 Å². The van der Waals surface area contributed by atoms with E-state index < -0.39 is 5.72 Å². The molecule has 1 fully saturated rings. The van der Waals surface area contributed by atoms with Crippen LogP contribution in [-0.4, -0.2) is 28.7 Å². The van der Waals surface area contributed by atoms with Crippen LogP contribution in [0, 0.1) is 0 Å². The van der Waals surface area contributed by atoms with Crippen molar-refractivity contribution in [3.8, 4) is 0 Å². The van der Waals surface area contributed by atoms with Crippen LogP contribution in [-0.2, 0) is 4.79 Å². The molecule has 1 rings (SSSR count). The molecule has 1 saturated heterocycles. The predicted molar refractivity (Wildman–Crippen MR) is 41.4 cm³/mol. The molecule has 1 radical (unpaired) electrons. The highest BCUT2D eigenvalue weighted by Crippen LogP contribution is 2.28. The van der Waals surface area contributed by atoms with Crippen molar-refractivity contribution >= 4 is 6.41 Å². The summed E-state index contributed by atoms with van der Waals surface area (Å²) >= 11 is 0. The van der Waals surface area contributed by atoms with Gasteiger partial charge in [-0.3, -0.25) is 4.79 Å². The van der Waals surface area contributed by atoms with E-state index in [9.17, 15) is 9.90 Å². The van der Waals surface area contributed by atoms with E-state index in [2.05, 4.69) is 6.58 Å². The smallest absolute Gasteiger partial charge is 0.314 e. The summed E-state index contributed by atoms with van der Waals surface area (Å²) in [4.78, 5) is 11.6. The molecule has 0 bridgehead atoms. The Kier molecular flexibility index (Phi) is 2.29. The van der Waals surface area contributed by atoms with E-state index in [-0.39, 0.29) is 0 Å². The van der Waals surface area contributed by atoms with E-state index in [4.69, 9.17) is 0 Å². The fraction of sp³-hybridized carbons (Fsp3) is 0.625. The third-order valence-electron chi connectivity index (χ3n) is 2.04. The van der Waals surface area contributed by atoms with Crippen LogP contribution >= 0.6 is 0 Å². The van der Waals surface area contributed by atoms with Gasteiger partial charge in [-0.05, 0) is 12.8 Å². The van der Waals surface area contributed by atoms with Crippen molar-refractivity contribution in [2.75, 3.05) is 6.54 Å². The number of likely N-dealkylation sites (tertiary alicyclic amines) is 1. The van der Waals surface area contributed by atoms with Crippen LogP contribution in [0.1, 0.15) is 19.3 Å². The SMILES string of the molecule is C=CCC1(O)CCCN1[C]=O. The molecule has 1 amide bonds. The molecule has 1 atom stereocenters. The molecule has 0 spiro atoms. The number of aliphatic hydroxyl groups is 1. The van der Waals surface area contributed by atoms with Crippen LogP contribution in [0.15, 0.2) is 12.7 Å². The first-order valence-electron chi connectivity index (χ1n) is 3.71. The van der Waals surface area contributed by atoms with E-state index in [1.54, 1.807) is 12.5 Å². The van der Waals surface area contributed by atoms with Crippen LogP contribution in [0.2, 0.25) is 0 Å². The minimum absolute atomic E-state index is 0.433. The second-order valence-corrected chi connectivity index (χ2v) is 2.82. The maximum Gasteiger partial charge on any atom is 0.314 e. The van der Waals surface area contributed by atoms with Crippen molar-refractivity contribution in [1.82, 2.24) is 4.90 Å². The number of hydrogen-bond acceptors (Lipinski definition) is 2. The van der Waals surface area contributed by atoms with Crippen molar-refractivity contribution < 1.29 is 9.90 Å². The standard InChI is InChI=1S/C8H12NO2/c1-2-4-8(11)5-3-6-9(8)7-10/h2,11H,1,3-6H2. The summed E-state index contributed by atoms with van der Waals surface area (Å²) in [6.45, 7) is 4.13. The molecule has 0 aromatic carbocycles. The lowest BCUT2D eigenvalue weighted by Crippen LogP contribution is -2.42. The first-order valence-corrected chi connectivity index (χ1v) is 3.71. The molecule has 1 heterocycles. The Balaban J connectivity index is 2.65. The lowest BCUT2D eigenvalue weighted by Gasteiger charge is -2.28. The van der Waals surface area contributed by atoms with Crippen molar-refractivity contribution in [2.24, 2.45) is 0 Å². The lowest BCUT2D eigenvalue weighted by molar-refractivity contribution is -0.0405. The molecule has 61 valence electrons. The summed E-state index contributed by atoms with van der Waals surface area (Å²) in [5, 5.41) is 9.74. The van der Waals surface area contributed by atoms with Crippen LogP contribution in [0.4, 0.5) is 0 Å². The Bertz CT molecular complexity index is 169. The van der Waals surface area contributed by atoms with Gasteiger partial charge >= 0.3 is 6.41 Å². The number of amides is 1. The Morgan fingerprint density at radius 1 is 1.82 bits per heavy atom. The van der Waals surface area contributed by atoms with Crippen LogP contribution in [0.25, 0.3) is 0 Å². The van der Waals surface area contributed by atoms with Gasteiger partial charge in [0.1, 0.15) is 5.72 Å². The Morgan fingerprint density at radius 3 is 3.09 bits per heavy atom. The van der Waals surface area contributed by atoms with E-state index in [1.165, 1.54) is 4.90 Å². The van der Waals surface area contributed by atoms with Crippen LogP contribution < -0.4 is 0 Å². The third kappa shape index (κ3) is 1.43. The second kappa shape index (κ2) is 3.05. The average molecular weight is 154 g/mol. The van der Waals surface area contributed by atoms with Gasteiger partial charge in [0.05, 0.1) is 0 Å². The fourth-order valence-corrected chi connectivity index (χ4v) is 1.44. The Morgan fingerprint density at radius 2 is 2.55 bits per heavy atom. The van der Waals surface area contributed by atoms with Gasteiger partial charge in [-0.15, -0.1) is 6.58 Å². The van der Waals surface area contributed by atoms with Gasteiger partial charge in [0.2, 0.25) is 0 Å². The lowest BCUT2D eigenvalue weighted by atomic mass is 10.1. The first kappa shape index (κ1) is 8.27. The number of carbonyl (C=O) groups excluding carboxylic acids is 1. The zero-order valence-electron chi connectivity index (χ0n) is 6.42. The van der Waals surface area contributed by atoms with Crippen molar-refractivity contribution in [2.45, 2.75) is 25.0 Å². The summed E-state index contributed by atoms with van der Waals surface area (Å²) in [6, 6.07) is 0. The van der Waals surface area contributed by atoms with E-state index in [1.807, 2.05) is 0 Å². The van der Waals surface area contributed by atoms with Gasteiger partial charge in [-0.25, -0.2) is 0 Å². The van der Waals surface area contributed by atoms with Gasteiger partial charge in [0.25, 0.3) is 0 Å². The molecular formula is C8H12NO2. The average Bonchev–Trinajstić information content (AvgIpc) is 2.31. The Labute approximate surface area is 66.3 Å². The van der Waals surface area contributed by atoms with E-state index >= 15 is 0 Å². The zero-order valence-corrected chi connectivity index (χ0v) is 6.42. The van der Waals surface area contributed by atoms with Crippen LogP contribution in [0.3, 0.4) is 0 Å². The fourth-order valence-electron chi connectivity index (χ4n) is 1.44. The number of nitrogens with zero attached hydrogens (tertiary/aromatic N) is 1. The third-order valence-corrected chi connectivity index (χ3v) is 2.04. The summed E-state index contributed by atoms with van der Waals surface area (Å²) in [5.74, 6) is 0. The van der Waals surface area contributed by atoms with Gasteiger partial charge < -0.3 is 10.0 Å². The molecule has 1 N–H and O–H groups in total. The first-order chi connectivity index (χ1) is 5.23. The molecule has 1 aliphatic rings. The molecule has 0 saturated carbocycles. The minimum atomic E-state index is -0.997. The van der Waals surface area contributed by atoms with E-state index in [0.717, 1.165) is 6.42 Å². The molecule has 11 heavy (non-hydrogen) atoms. The molecule has 3 heteroatoms. The van der Waals surface area contributed by atoms with Gasteiger partial charge in [-0.1, -0.05) is 6.08 Å². The molecule has 0 aliphatic carbocycles. The molecule has 3 nitrogen and oxygen atoms in total. The topological polar surface area (TPSA) is 40.5 Å². The summed E-state index contributed by atoms with van der Waals surface area (Å²) in [6.07, 6.45) is 5.26. The minimum Gasteiger partial charge on any atom is -0.370 e. The van der Waals surface area contributed by atoms with Crippen molar-refractivity contribution in [3.05, 3.63) is 12.7 Å². The normalized spacial score (nSPS) is 30.5. The highest BCUT2D eigenvalue weighted by atomic mass is 16.3. The Hall–Kier alpha value is -0.830. The van der Waals surface area contributed by atoms with Gasteiger partial charge in [0.15, 0.2) is 0 Å².